The van der Waals surface area contributed by atoms with Crippen molar-refractivity contribution >= 4 is 70.5 Å². The van der Waals surface area contributed by atoms with Crippen molar-refractivity contribution in [3.8, 4) is 5.75 Å². The third kappa shape index (κ3) is 3.53. The molecule has 1 N–H and O–H groups in total. The van der Waals surface area contributed by atoms with E-state index in [4.69, 9.17) is 4.74 Å². The SMILES string of the molecule is COc1c(Br)cc2c(c1Br)c(CCNC(C)=O)c(Br)n2C(=O)C1CC1. The van der Waals surface area contributed by atoms with Gasteiger partial charge in [0.15, 0.2) is 0 Å². The second-order valence-electron chi connectivity index (χ2n) is 6.05. The fourth-order valence-corrected chi connectivity index (χ4v) is 5.33. The van der Waals surface area contributed by atoms with Crippen LogP contribution in [0, 0.1) is 5.92 Å². The van der Waals surface area contributed by atoms with E-state index in [1.807, 2.05) is 6.07 Å². The molecule has 0 unspecified atom stereocenters. The highest BCUT2D eigenvalue weighted by atomic mass is 79.9. The average Bonchev–Trinajstić information content (AvgIpc) is 3.34. The van der Waals surface area contributed by atoms with Gasteiger partial charge in [-0.3, -0.25) is 14.2 Å². The molecule has 5 nitrogen and oxygen atoms in total. The number of nitrogens with zero attached hydrogens (tertiary/aromatic N) is 1. The van der Waals surface area contributed by atoms with Crippen LogP contribution in [0.25, 0.3) is 10.9 Å². The van der Waals surface area contributed by atoms with Crippen molar-refractivity contribution in [2.24, 2.45) is 5.92 Å². The quantitative estimate of drug-likeness (QED) is 0.604. The summed E-state index contributed by atoms with van der Waals surface area (Å²) in [5.74, 6) is 0.798. The van der Waals surface area contributed by atoms with E-state index in [0.29, 0.717) is 18.7 Å². The Morgan fingerprint density at radius 2 is 2.00 bits per heavy atom. The number of carbonyl (C=O) groups is 2. The first-order valence-corrected chi connectivity index (χ1v) is 10.3. The van der Waals surface area contributed by atoms with Crippen molar-refractivity contribution < 1.29 is 14.3 Å². The van der Waals surface area contributed by atoms with Gasteiger partial charge in [-0.15, -0.1) is 0 Å². The summed E-state index contributed by atoms with van der Waals surface area (Å²) in [7, 11) is 1.61. The van der Waals surface area contributed by atoms with Crippen LogP contribution in [0.15, 0.2) is 19.6 Å². The van der Waals surface area contributed by atoms with Gasteiger partial charge < -0.3 is 10.1 Å². The number of amides is 1. The zero-order valence-corrected chi connectivity index (χ0v) is 18.5. The summed E-state index contributed by atoms with van der Waals surface area (Å²) >= 11 is 10.8. The first-order chi connectivity index (χ1) is 11.9. The molecule has 3 rings (SSSR count). The van der Waals surface area contributed by atoms with Crippen LogP contribution in [-0.2, 0) is 11.2 Å². The van der Waals surface area contributed by atoms with E-state index in [9.17, 15) is 9.59 Å². The van der Waals surface area contributed by atoms with Crippen molar-refractivity contribution in [1.29, 1.82) is 0 Å². The summed E-state index contributed by atoms with van der Waals surface area (Å²) in [4.78, 5) is 24.0. The van der Waals surface area contributed by atoms with E-state index in [1.54, 1.807) is 11.7 Å². The van der Waals surface area contributed by atoms with Crippen molar-refractivity contribution in [2.75, 3.05) is 13.7 Å². The molecule has 2 aromatic rings. The first-order valence-electron chi connectivity index (χ1n) is 7.90. The predicted molar refractivity (Wildman–Crippen MR) is 107 cm³/mol. The lowest BCUT2D eigenvalue weighted by Gasteiger charge is -2.10. The maximum absolute atomic E-state index is 12.8. The highest BCUT2D eigenvalue weighted by Gasteiger charge is 2.34. The molecule has 1 aromatic carbocycles. The number of methoxy groups -OCH3 is 1. The Labute approximate surface area is 170 Å². The second kappa shape index (κ2) is 7.40. The molecule has 25 heavy (non-hydrogen) atoms. The third-order valence-electron chi connectivity index (χ3n) is 4.24. The second-order valence-corrected chi connectivity index (χ2v) is 8.45. The van der Waals surface area contributed by atoms with E-state index < -0.39 is 0 Å². The minimum Gasteiger partial charge on any atom is -0.494 e. The number of aromatic nitrogens is 1. The van der Waals surface area contributed by atoms with Gasteiger partial charge in [-0.1, -0.05) is 0 Å². The molecule has 1 fully saturated rings. The number of nitrogens with one attached hydrogen (secondary N) is 1. The van der Waals surface area contributed by atoms with Crippen LogP contribution >= 0.6 is 47.8 Å². The summed E-state index contributed by atoms with van der Waals surface area (Å²) in [6.45, 7) is 1.99. The molecular weight excluding hydrogens is 520 g/mol. The van der Waals surface area contributed by atoms with Gasteiger partial charge >= 0.3 is 0 Å². The summed E-state index contributed by atoms with van der Waals surface area (Å²) in [5, 5.41) is 3.73. The number of hydrogen-bond donors (Lipinski definition) is 1. The standard InChI is InChI=1S/C17H17Br3N2O3/c1-8(23)21-6-5-10-13-12(7-11(18)15(25-2)14(13)19)22(16(10)20)17(24)9-3-4-9/h7,9H,3-6H2,1-2H3,(H,21,23). The number of hydrogen-bond acceptors (Lipinski definition) is 3. The smallest absolute Gasteiger partial charge is 0.235 e. The lowest BCUT2D eigenvalue weighted by atomic mass is 10.1. The van der Waals surface area contributed by atoms with Gasteiger partial charge in [-0.2, -0.15) is 0 Å². The molecular formula is C17H17Br3N2O3. The van der Waals surface area contributed by atoms with Crippen molar-refractivity contribution in [1.82, 2.24) is 9.88 Å². The predicted octanol–water partition coefficient (Wildman–Crippen LogP) is 4.67. The van der Waals surface area contributed by atoms with E-state index >= 15 is 0 Å². The molecule has 0 saturated heterocycles. The Kier molecular flexibility index (Phi) is 5.60. The topological polar surface area (TPSA) is 60.3 Å². The average molecular weight is 537 g/mol. The number of benzene rings is 1. The maximum Gasteiger partial charge on any atom is 0.235 e. The Morgan fingerprint density at radius 3 is 2.56 bits per heavy atom. The van der Waals surface area contributed by atoms with Crippen LogP contribution in [0.5, 0.6) is 5.75 Å². The first kappa shape index (κ1) is 18.9. The van der Waals surface area contributed by atoms with E-state index in [0.717, 1.165) is 42.9 Å². The van der Waals surface area contributed by atoms with Gasteiger partial charge in [0, 0.05) is 24.8 Å². The number of fused-ring (bicyclic) bond motifs is 1. The summed E-state index contributed by atoms with van der Waals surface area (Å²) < 4.78 is 9.53. The molecule has 1 amide bonds. The molecule has 1 aliphatic carbocycles. The fourth-order valence-electron chi connectivity index (χ4n) is 2.90. The Bertz CT molecular complexity index is 872. The van der Waals surface area contributed by atoms with E-state index in [1.165, 1.54) is 6.92 Å². The van der Waals surface area contributed by atoms with Crippen LogP contribution in [0.3, 0.4) is 0 Å². The highest BCUT2D eigenvalue weighted by molar-refractivity contribution is 9.11. The third-order valence-corrected chi connectivity index (χ3v) is 6.42. The molecule has 8 heteroatoms. The van der Waals surface area contributed by atoms with E-state index in [-0.39, 0.29) is 17.7 Å². The Hall–Kier alpha value is -0.860. The number of rotatable bonds is 5. The maximum atomic E-state index is 12.8. The molecule has 0 bridgehead atoms. The Balaban J connectivity index is 2.19. The summed E-state index contributed by atoms with van der Waals surface area (Å²) in [6, 6.07) is 1.91. The van der Waals surface area contributed by atoms with Crippen LogP contribution in [0.2, 0.25) is 0 Å². The van der Waals surface area contributed by atoms with Gasteiger partial charge in [0.05, 0.1) is 26.2 Å². The van der Waals surface area contributed by atoms with E-state index in [2.05, 4.69) is 53.1 Å². The summed E-state index contributed by atoms with van der Waals surface area (Å²) in [6.07, 6.45) is 2.47. The lowest BCUT2D eigenvalue weighted by Crippen LogP contribution is -2.22. The monoisotopic (exact) mass is 534 g/mol. The van der Waals surface area contributed by atoms with Gasteiger partial charge in [0.1, 0.15) is 5.75 Å². The molecule has 1 aliphatic rings. The minimum absolute atomic E-state index is 0.0756. The molecule has 0 aliphatic heterocycles. The number of carbonyl (C=O) groups excluding carboxylic acids is 2. The molecule has 134 valence electrons. The lowest BCUT2D eigenvalue weighted by molar-refractivity contribution is -0.118. The fraction of sp³-hybridized carbons (Fsp3) is 0.412. The van der Waals surface area contributed by atoms with Crippen molar-refractivity contribution in [2.45, 2.75) is 26.2 Å². The van der Waals surface area contributed by atoms with Crippen LogP contribution < -0.4 is 10.1 Å². The number of halogens is 3. The molecule has 0 radical (unpaired) electrons. The van der Waals surface area contributed by atoms with Gasteiger partial charge in [0.2, 0.25) is 11.8 Å². The van der Waals surface area contributed by atoms with Gasteiger partial charge in [0.25, 0.3) is 0 Å². The largest absolute Gasteiger partial charge is 0.494 e. The van der Waals surface area contributed by atoms with Crippen molar-refractivity contribution in [3.05, 3.63) is 25.2 Å². The molecule has 1 saturated carbocycles. The Morgan fingerprint density at radius 1 is 1.32 bits per heavy atom. The van der Waals surface area contributed by atoms with Crippen molar-refractivity contribution in [3.63, 3.8) is 0 Å². The van der Waals surface area contributed by atoms with Crippen LogP contribution in [0.1, 0.15) is 30.1 Å². The van der Waals surface area contributed by atoms with Gasteiger partial charge in [-0.25, -0.2) is 0 Å². The highest BCUT2D eigenvalue weighted by Crippen LogP contribution is 2.45. The molecule has 0 atom stereocenters. The minimum atomic E-state index is -0.0756. The van der Waals surface area contributed by atoms with Crippen LogP contribution in [0.4, 0.5) is 0 Å². The normalized spacial score (nSPS) is 14.0. The molecule has 1 aromatic heterocycles. The summed E-state index contributed by atoms with van der Waals surface area (Å²) in [5.41, 5.74) is 1.79. The zero-order valence-electron chi connectivity index (χ0n) is 13.8. The molecule has 0 spiro atoms. The van der Waals surface area contributed by atoms with Crippen LogP contribution in [-0.4, -0.2) is 30.0 Å². The molecule has 1 heterocycles. The zero-order chi connectivity index (χ0) is 18.3. The number of ether oxygens (including phenoxy) is 1. The van der Waals surface area contributed by atoms with Gasteiger partial charge in [-0.05, 0) is 78.7 Å².